The van der Waals surface area contributed by atoms with Crippen molar-refractivity contribution in [1.82, 2.24) is 9.38 Å². The molecule has 1 N–H and O–H groups in total. The van der Waals surface area contributed by atoms with Crippen molar-refractivity contribution in [2.24, 2.45) is 0 Å². The fraction of sp³-hybridized carbons (Fsp3) is 0. The van der Waals surface area contributed by atoms with Crippen molar-refractivity contribution >= 4 is 29.0 Å². The van der Waals surface area contributed by atoms with Crippen LogP contribution in [0.4, 0.5) is 10.2 Å². The average molecular weight is 366 g/mol. The van der Waals surface area contributed by atoms with E-state index in [1.807, 2.05) is 30.3 Å². The van der Waals surface area contributed by atoms with E-state index in [0.29, 0.717) is 27.7 Å². The van der Waals surface area contributed by atoms with Gasteiger partial charge in [0.2, 0.25) is 0 Å². The first kappa shape index (κ1) is 16.3. The molecule has 0 bridgehead atoms. The van der Waals surface area contributed by atoms with Crippen molar-refractivity contribution < 1.29 is 9.18 Å². The number of halogens is 2. The van der Waals surface area contributed by atoms with Crippen LogP contribution in [0.2, 0.25) is 5.02 Å². The van der Waals surface area contributed by atoms with E-state index in [1.54, 1.807) is 22.7 Å². The van der Waals surface area contributed by atoms with Gasteiger partial charge in [0, 0.05) is 17.3 Å². The summed E-state index contributed by atoms with van der Waals surface area (Å²) in [5.41, 5.74) is 2.50. The second-order valence-electron chi connectivity index (χ2n) is 5.71. The second kappa shape index (κ2) is 6.61. The van der Waals surface area contributed by atoms with Gasteiger partial charge in [-0.1, -0.05) is 41.9 Å². The van der Waals surface area contributed by atoms with Gasteiger partial charge in [0.05, 0.1) is 5.02 Å². The highest BCUT2D eigenvalue weighted by molar-refractivity contribution is 6.30. The quantitative estimate of drug-likeness (QED) is 0.552. The lowest BCUT2D eigenvalue weighted by Gasteiger charge is -2.08. The van der Waals surface area contributed by atoms with Crippen LogP contribution in [0.5, 0.6) is 0 Å². The van der Waals surface area contributed by atoms with E-state index >= 15 is 0 Å². The molecular formula is C20H13ClFN3O. The summed E-state index contributed by atoms with van der Waals surface area (Å²) >= 11 is 6.11. The highest BCUT2D eigenvalue weighted by Gasteiger charge is 2.17. The third-order valence-corrected chi connectivity index (χ3v) is 4.19. The third kappa shape index (κ3) is 3.05. The Morgan fingerprint density at radius 3 is 2.46 bits per heavy atom. The zero-order valence-electron chi connectivity index (χ0n) is 13.5. The van der Waals surface area contributed by atoms with Gasteiger partial charge in [0.25, 0.3) is 5.91 Å². The second-order valence-corrected chi connectivity index (χ2v) is 6.15. The molecule has 2 aromatic carbocycles. The number of rotatable bonds is 3. The number of amides is 1. The van der Waals surface area contributed by atoms with Crippen LogP contribution in [0.15, 0.2) is 72.9 Å². The number of nitrogens with one attached hydrogen (secondary N) is 1. The number of hydrogen-bond acceptors (Lipinski definition) is 2. The van der Waals surface area contributed by atoms with E-state index in [-0.39, 0.29) is 5.91 Å². The van der Waals surface area contributed by atoms with E-state index in [9.17, 15) is 9.18 Å². The molecular weight excluding hydrogens is 353 g/mol. The molecule has 0 aliphatic heterocycles. The van der Waals surface area contributed by atoms with Crippen molar-refractivity contribution in [3.05, 3.63) is 89.3 Å². The van der Waals surface area contributed by atoms with E-state index < -0.39 is 5.82 Å². The fourth-order valence-electron chi connectivity index (χ4n) is 2.72. The Kier molecular flexibility index (Phi) is 4.14. The number of pyridine rings is 1. The van der Waals surface area contributed by atoms with Crippen molar-refractivity contribution in [2.45, 2.75) is 0 Å². The van der Waals surface area contributed by atoms with Gasteiger partial charge >= 0.3 is 0 Å². The minimum Gasteiger partial charge on any atom is -0.306 e. The molecule has 4 aromatic rings. The van der Waals surface area contributed by atoms with Crippen molar-refractivity contribution in [3.63, 3.8) is 0 Å². The molecule has 0 radical (unpaired) electrons. The molecule has 4 nitrogen and oxygen atoms in total. The minimum atomic E-state index is -0.395. The lowest BCUT2D eigenvalue weighted by Crippen LogP contribution is -2.14. The maximum Gasteiger partial charge on any atom is 0.256 e. The molecule has 0 unspecified atom stereocenters. The Morgan fingerprint density at radius 1 is 1.00 bits per heavy atom. The highest BCUT2D eigenvalue weighted by Crippen LogP contribution is 2.30. The molecule has 1 amide bonds. The molecule has 0 saturated carbocycles. The first-order chi connectivity index (χ1) is 12.6. The minimum absolute atomic E-state index is 0.349. The Morgan fingerprint density at radius 2 is 1.73 bits per heavy atom. The van der Waals surface area contributed by atoms with Crippen LogP contribution >= 0.6 is 11.6 Å². The smallest absolute Gasteiger partial charge is 0.256 e. The number of nitrogens with zero attached hydrogens (tertiary/aromatic N) is 2. The molecule has 26 heavy (non-hydrogen) atoms. The van der Waals surface area contributed by atoms with Crippen molar-refractivity contribution in [2.75, 3.05) is 5.32 Å². The lowest BCUT2D eigenvalue weighted by molar-refractivity contribution is 0.102. The van der Waals surface area contributed by atoms with Gasteiger partial charge < -0.3 is 5.32 Å². The normalized spacial score (nSPS) is 10.8. The summed E-state index contributed by atoms with van der Waals surface area (Å²) in [6.45, 7) is 0. The first-order valence-corrected chi connectivity index (χ1v) is 8.29. The van der Waals surface area contributed by atoms with E-state index in [2.05, 4.69) is 10.3 Å². The number of carbonyl (C=O) groups excluding carboxylic acids is 1. The zero-order chi connectivity index (χ0) is 18.1. The number of aromatic nitrogens is 2. The molecule has 0 atom stereocenters. The number of anilines is 1. The van der Waals surface area contributed by atoms with Crippen molar-refractivity contribution in [3.8, 4) is 11.3 Å². The van der Waals surface area contributed by atoms with Crippen LogP contribution in [-0.2, 0) is 0 Å². The summed E-state index contributed by atoms with van der Waals surface area (Å²) in [7, 11) is 0. The molecule has 2 heterocycles. The van der Waals surface area contributed by atoms with E-state index in [0.717, 1.165) is 5.56 Å². The Bertz CT molecular complexity index is 1090. The molecule has 0 spiro atoms. The maximum atomic E-state index is 13.1. The predicted molar refractivity (Wildman–Crippen MR) is 100.0 cm³/mol. The topological polar surface area (TPSA) is 46.4 Å². The van der Waals surface area contributed by atoms with Crippen molar-refractivity contribution in [1.29, 1.82) is 0 Å². The van der Waals surface area contributed by atoms with E-state index in [1.165, 1.54) is 24.3 Å². The van der Waals surface area contributed by atoms with Crippen LogP contribution in [0.1, 0.15) is 10.4 Å². The average Bonchev–Trinajstić information content (AvgIpc) is 3.01. The SMILES string of the molecule is O=C(Nc1c(-c2ccccc2)nc2ccc(Cl)cn12)c1ccc(F)cc1. The van der Waals surface area contributed by atoms with Gasteiger partial charge in [-0.2, -0.15) is 0 Å². The summed E-state index contributed by atoms with van der Waals surface area (Å²) in [6, 6.07) is 18.4. The van der Waals surface area contributed by atoms with Gasteiger partial charge in [-0.3, -0.25) is 9.20 Å². The lowest BCUT2D eigenvalue weighted by atomic mass is 10.1. The summed E-state index contributed by atoms with van der Waals surface area (Å²) in [4.78, 5) is 17.2. The summed E-state index contributed by atoms with van der Waals surface area (Å²) in [6.07, 6.45) is 1.69. The maximum absolute atomic E-state index is 13.1. The van der Waals surface area contributed by atoms with Crippen LogP contribution in [0.3, 0.4) is 0 Å². The van der Waals surface area contributed by atoms with Gasteiger partial charge in [-0.25, -0.2) is 9.37 Å². The van der Waals surface area contributed by atoms with Gasteiger partial charge in [-0.05, 0) is 36.4 Å². The summed E-state index contributed by atoms with van der Waals surface area (Å²) < 4.78 is 14.8. The van der Waals surface area contributed by atoms with Gasteiger partial charge in [0.15, 0.2) is 0 Å². The molecule has 0 saturated heterocycles. The van der Waals surface area contributed by atoms with E-state index in [4.69, 9.17) is 11.6 Å². The Hall–Kier alpha value is -3.18. The molecule has 128 valence electrons. The largest absolute Gasteiger partial charge is 0.306 e. The number of hydrogen-bond donors (Lipinski definition) is 1. The third-order valence-electron chi connectivity index (χ3n) is 3.97. The zero-order valence-corrected chi connectivity index (χ0v) is 14.2. The predicted octanol–water partition coefficient (Wildman–Crippen LogP) is 5.05. The number of benzene rings is 2. The molecule has 6 heteroatoms. The molecule has 0 aliphatic rings. The summed E-state index contributed by atoms with van der Waals surface area (Å²) in [5, 5.41) is 3.40. The first-order valence-electron chi connectivity index (χ1n) is 7.92. The van der Waals surface area contributed by atoms with Gasteiger partial charge in [-0.15, -0.1) is 0 Å². The van der Waals surface area contributed by atoms with Crippen LogP contribution in [-0.4, -0.2) is 15.3 Å². The molecule has 0 aliphatic carbocycles. The monoisotopic (exact) mass is 365 g/mol. The number of carbonyl (C=O) groups is 1. The molecule has 0 fully saturated rings. The standard InChI is InChI=1S/C20H13ClFN3O/c21-15-8-11-17-23-18(13-4-2-1-3-5-13)19(25(17)12-15)24-20(26)14-6-9-16(22)10-7-14/h1-12H,(H,24,26). The number of fused-ring (bicyclic) bond motifs is 1. The van der Waals surface area contributed by atoms with Crippen LogP contribution < -0.4 is 5.32 Å². The fourth-order valence-corrected chi connectivity index (χ4v) is 2.88. The molecule has 4 rings (SSSR count). The van der Waals surface area contributed by atoms with Crippen LogP contribution in [0.25, 0.3) is 16.9 Å². The van der Waals surface area contributed by atoms with Gasteiger partial charge in [0.1, 0.15) is 23.0 Å². The Labute approximate surface area is 153 Å². The van der Waals surface area contributed by atoms with Crippen LogP contribution in [0, 0.1) is 5.82 Å². The Balaban J connectivity index is 1.83. The molecule has 2 aromatic heterocycles. The number of imidazole rings is 1. The highest BCUT2D eigenvalue weighted by atomic mass is 35.5. The summed E-state index contributed by atoms with van der Waals surface area (Å²) in [5.74, 6) is -0.250.